The van der Waals surface area contributed by atoms with Gasteiger partial charge in [-0.15, -0.1) is 11.3 Å². The highest BCUT2D eigenvalue weighted by Gasteiger charge is 2.34. The first-order chi connectivity index (χ1) is 13.4. The van der Waals surface area contributed by atoms with Crippen LogP contribution in [-0.2, 0) is 19.1 Å². The Hall–Kier alpha value is -1.80. The number of rotatable bonds is 7. The molecule has 4 nitrogen and oxygen atoms in total. The molecule has 2 heterocycles. The molecule has 1 aromatic carbocycles. The third-order valence-corrected chi connectivity index (χ3v) is 6.35. The second-order valence-electron chi connectivity index (χ2n) is 7.02. The van der Waals surface area contributed by atoms with E-state index in [2.05, 4.69) is 22.1 Å². The number of ether oxygens (including phenoxy) is 1. The molecular weight excluding hydrogens is 387 g/mol. The number of hydrogen-bond donors (Lipinski definition) is 1. The van der Waals surface area contributed by atoms with Crippen molar-refractivity contribution in [2.45, 2.75) is 51.4 Å². The predicted molar refractivity (Wildman–Crippen MR) is 106 cm³/mol. The molecule has 1 unspecified atom stereocenters. The molecule has 1 atom stereocenters. The number of nitrogens with zero attached hydrogens (tertiary/aromatic N) is 2. The fourth-order valence-electron chi connectivity index (χ4n) is 3.78. The number of hydrogen-bond acceptors (Lipinski definition) is 5. The molecule has 3 rings (SSSR count). The molecule has 1 N–H and O–H groups in total. The van der Waals surface area contributed by atoms with Crippen LogP contribution in [0.25, 0.3) is 0 Å². The molecule has 1 aromatic heterocycles. The van der Waals surface area contributed by atoms with E-state index in [1.54, 1.807) is 17.4 Å². The van der Waals surface area contributed by atoms with Crippen LogP contribution in [-0.4, -0.2) is 36.6 Å². The number of thiazole rings is 1. The van der Waals surface area contributed by atoms with E-state index in [0.717, 1.165) is 35.2 Å². The van der Waals surface area contributed by atoms with Gasteiger partial charge >= 0.3 is 6.18 Å². The molecule has 1 aliphatic heterocycles. The van der Waals surface area contributed by atoms with Crippen molar-refractivity contribution in [2.75, 3.05) is 26.0 Å². The molecule has 8 heteroatoms. The average molecular weight is 414 g/mol. The molecule has 0 radical (unpaired) electrons. The van der Waals surface area contributed by atoms with Gasteiger partial charge in [0.1, 0.15) is 5.75 Å². The molecule has 0 spiro atoms. The van der Waals surface area contributed by atoms with Gasteiger partial charge in [-0.3, -0.25) is 4.90 Å². The second kappa shape index (κ2) is 8.69. The van der Waals surface area contributed by atoms with Crippen LogP contribution in [0.2, 0.25) is 0 Å². The minimum Gasteiger partial charge on any atom is -0.496 e. The van der Waals surface area contributed by atoms with Crippen molar-refractivity contribution in [1.29, 1.82) is 0 Å². The Labute approximate surface area is 167 Å². The first kappa shape index (κ1) is 20.9. The van der Waals surface area contributed by atoms with Crippen LogP contribution < -0.4 is 10.1 Å². The van der Waals surface area contributed by atoms with E-state index in [0.29, 0.717) is 18.0 Å². The minimum absolute atomic E-state index is 0.159. The van der Waals surface area contributed by atoms with Crippen molar-refractivity contribution < 1.29 is 17.9 Å². The van der Waals surface area contributed by atoms with Crippen LogP contribution in [0.15, 0.2) is 18.2 Å². The van der Waals surface area contributed by atoms with E-state index in [1.165, 1.54) is 32.1 Å². The number of nitrogens with one attached hydrogen (secondary N) is 1. The minimum atomic E-state index is -4.45. The van der Waals surface area contributed by atoms with E-state index in [-0.39, 0.29) is 5.75 Å². The Morgan fingerprint density at radius 1 is 1.36 bits per heavy atom. The van der Waals surface area contributed by atoms with Crippen LogP contribution >= 0.6 is 11.3 Å². The Bertz CT molecular complexity index is 806. The fraction of sp³-hybridized carbons (Fsp3) is 0.550. The van der Waals surface area contributed by atoms with Crippen molar-refractivity contribution in [2.24, 2.45) is 0 Å². The Morgan fingerprint density at radius 3 is 2.79 bits per heavy atom. The lowest BCUT2D eigenvalue weighted by atomic mass is 10.0. The summed E-state index contributed by atoms with van der Waals surface area (Å²) in [6.07, 6.45) is -0.576. The highest BCUT2D eigenvalue weighted by molar-refractivity contribution is 7.15. The SMILES string of the molecule is CCC1CCCN1Cc1sc(NC)nc1Cc1ccc(OC)c(C(F)(F)F)c1. The molecule has 0 bridgehead atoms. The summed E-state index contributed by atoms with van der Waals surface area (Å²) in [7, 11) is 3.06. The largest absolute Gasteiger partial charge is 0.496 e. The average Bonchev–Trinajstić information content (AvgIpc) is 3.28. The number of methoxy groups -OCH3 is 1. The number of benzene rings is 1. The van der Waals surface area contributed by atoms with Crippen molar-refractivity contribution in [3.8, 4) is 5.75 Å². The third-order valence-electron chi connectivity index (χ3n) is 5.25. The maximum atomic E-state index is 13.3. The standard InChI is InChI=1S/C20H26F3N3OS/c1-4-14-6-5-9-26(14)12-18-16(25-19(24-2)28-18)11-13-7-8-17(27-3)15(10-13)20(21,22)23/h7-8,10,14H,4-6,9,11-12H2,1-3H3,(H,24,25). The van der Waals surface area contributed by atoms with E-state index < -0.39 is 11.7 Å². The van der Waals surface area contributed by atoms with E-state index in [9.17, 15) is 13.2 Å². The molecule has 1 fully saturated rings. The highest BCUT2D eigenvalue weighted by Crippen LogP contribution is 2.37. The van der Waals surface area contributed by atoms with Crippen molar-refractivity contribution in [3.05, 3.63) is 39.9 Å². The van der Waals surface area contributed by atoms with Gasteiger partial charge < -0.3 is 10.1 Å². The van der Waals surface area contributed by atoms with Crippen molar-refractivity contribution in [1.82, 2.24) is 9.88 Å². The highest BCUT2D eigenvalue weighted by atomic mass is 32.1. The normalized spacial score (nSPS) is 17.9. The Kier molecular flexibility index (Phi) is 6.50. The van der Waals surface area contributed by atoms with Gasteiger partial charge in [0, 0.05) is 30.9 Å². The number of anilines is 1. The molecule has 28 heavy (non-hydrogen) atoms. The number of likely N-dealkylation sites (tertiary alicyclic amines) is 1. The van der Waals surface area contributed by atoms with Crippen LogP contribution in [0.5, 0.6) is 5.75 Å². The second-order valence-corrected chi connectivity index (χ2v) is 8.11. The smallest absolute Gasteiger partial charge is 0.419 e. The topological polar surface area (TPSA) is 37.4 Å². The van der Waals surface area contributed by atoms with Gasteiger partial charge in [0.25, 0.3) is 0 Å². The van der Waals surface area contributed by atoms with Gasteiger partial charge in [0.05, 0.1) is 18.4 Å². The van der Waals surface area contributed by atoms with Gasteiger partial charge in [-0.05, 0) is 43.5 Å². The zero-order chi connectivity index (χ0) is 20.3. The summed E-state index contributed by atoms with van der Waals surface area (Å²) in [6, 6.07) is 4.81. The van der Waals surface area contributed by atoms with E-state index in [4.69, 9.17) is 4.74 Å². The molecule has 2 aromatic rings. The van der Waals surface area contributed by atoms with Crippen LogP contribution in [0.4, 0.5) is 18.3 Å². The molecular formula is C20H26F3N3OS. The van der Waals surface area contributed by atoms with Gasteiger partial charge in [0.15, 0.2) is 5.13 Å². The summed E-state index contributed by atoms with van der Waals surface area (Å²) in [5, 5.41) is 3.86. The van der Waals surface area contributed by atoms with Gasteiger partial charge in [-0.2, -0.15) is 13.2 Å². The lowest BCUT2D eigenvalue weighted by Crippen LogP contribution is -2.28. The number of halogens is 3. The molecule has 1 aliphatic rings. The molecule has 0 aliphatic carbocycles. The lowest BCUT2D eigenvalue weighted by Gasteiger charge is -2.22. The molecule has 0 amide bonds. The summed E-state index contributed by atoms with van der Waals surface area (Å²) in [5.74, 6) is -0.159. The summed E-state index contributed by atoms with van der Waals surface area (Å²) < 4.78 is 44.9. The zero-order valence-corrected chi connectivity index (χ0v) is 17.2. The van der Waals surface area contributed by atoms with E-state index in [1.807, 2.05) is 7.05 Å². The van der Waals surface area contributed by atoms with Crippen molar-refractivity contribution in [3.63, 3.8) is 0 Å². The Balaban J connectivity index is 1.87. The maximum Gasteiger partial charge on any atom is 0.419 e. The Morgan fingerprint density at radius 2 is 2.14 bits per heavy atom. The van der Waals surface area contributed by atoms with Gasteiger partial charge in [0.2, 0.25) is 0 Å². The molecule has 154 valence electrons. The third kappa shape index (κ3) is 4.60. The quantitative estimate of drug-likeness (QED) is 0.679. The van der Waals surface area contributed by atoms with Crippen LogP contribution in [0.1, 0.15) is 47.9 Å². The number of alkyl halides is 3. The summed E-state index contributed by atoms with van der Waals surface area (Å²) in [4.78, 5) is 8.20. The maximum absolute atomic E-state index is 13.3. The first-order valence-electron chi connectivity index (χ1n) is 9.50. The van der Waals surface area contributed by atoms with Crippen molar-refractivity contribution >= 4 is 16.5 Å². The zero-order valence-electron chi connectivity index (χ0n) is 16.4. The molecule has 1 saturated heterocycles. The summed E-state index contributed by atoms with van der Waals surface area (Å²) in [6.45, 7) is 4.06. The van der Waals surface area contributed by atoms with Crippen LogP contribution in [0.3, 0.4) is 0 Å². The first-order valence-corrected chi connectivity index (χ1v) is 10.3. The predicted octanol–water partition coefficient (Wildman–Crippen LogP) is 5.18. The summed E-state index contributed by atoms with van der Waals surface area (Å²) in [5.41, 5.74) is 0.675. The lowest BCUT2D eigenvalue weighted by molar-refractivity contribution is -0.138. The number of aromatic nitrogens is 1. The summed E-state index contributed by atoms with van der Waals surface area (Å²) >= 11 is 1.58. The van der Waals surface area contributed by atoms with E-state index >= 15 is 0 Å². The fourth-order valence-corrected chi connectivity index (χ4v) is 4.74. The van der Waals surface area contributed by atoms with Gasteiger partial charge in [-0.1, -0.05) is 13.0 Å². The molecule has 0 saturated carbocycles. The monoisotopic (exact) mass is 413 g/mol. The van der Waals surface area contributed by atoms with Crippen LogP contribution in [0, 0.1) is 0 Å². The van der Waals surface area contributed by atoms with Gasteiger partial charge in [-0.25, -0.2) is 4.98 Å².